The van der Waals surface area contributed by atoms with Crippen LogP contribution in [-0.4, -0.2) is 26.5 Å². The maximum atomic E-state index is 13.1. The van der Waals surface area contributed by atoms with Crippen LogP contribution in [-0.2, 0) is 19.6 Å². The first-order valence-electron chi connectivity index (χ1n) is 8.02. The van der Waals surface area contributed by atoms with Crippen molar-refractivity contribution in [3.8, 4) is 0 Å². The summed E-state index contributed by atoms with van der Waals surface area (Å²) < 4.78 is 38.7. The molecule has 9 heteroatoms. The van der Waals surface area contributed by atoms with Crippen molar-refractivity contribution in [3.63, 3.8) is 0 Å². The Morgan fingerprint density at radius 3 is 2.19 bits per heavy atom. The lowest BCUT2D eigenvalue weighted by Gasteiger charge is -2.18. The predicted molar refractivity (Wildman–Crippen MR) is 101 cm³/mol. The van der Waals surface area contributed by atoms with E-state index in [1.54, 1.807) is 24.3 Å². The van der Waals surface area contributed by atoms with Crippen molar-refractivity contribution < 1.29 is 22.4 Å². The second-order valence-electron chi connectivity index (χ2n) is 6.01. The Morgan fingerprint density at radius 1 is 1.04 bits per heavy atom. The van der Waals surface area contributed by atoms with Gasteiger partial charge in [-0.15, -0.1) is 0 Å². The van der Waals surface area contributed by atoms with Gasteiger partial charge in [-0.1, -0.05) is 18.2 Å². The minimum Gasteiger partial charge on any atom is -0.326 e. The number of anilines is 2. The highest BCUT2D eigenvalue weighted by molar-refractivity contribution is 7.88. The Kier molecular flexibility index (Phi) is 6.65. The molecule has 2 amide bonds. The molecule has 0 aliphatic carbocycles. The second-order valence-corrected chi connectivity index (χ2v) is 7.79. The Morgan fingerprint density at radius 2 is 1.63 bits per heavy atom. The number of rotatable bonds is 7. The zero-order valence-corrected chi connectivity index (χ0v) is 15.6. The molecule has 0 unspecified atom stereocenters. The highest BCUT2D eigenvalue weighted by Gasteiger charge is 2.20. The number of carbonyl (C=O) groups is 2. The van der Waals surface area contributed by atoms with Crippen molar-refractivity contribution >= 4 is 33.2 Å². The lowest BCUT2D eigenvalue weighted by molar-refractivity contribution is -0.116. The summed E-state index contributed by atoms with van der Waals surface area (Å²) in [4.78, 5) is 23.5. The minimum atomic E-state index is -3.59. The van der Waals surface area contributed by atoms with Gasteiger partial charge in [0.05, 0.1) is 12.3 Å². The van der Waals surface area contributed by atoms with Crippen LogP contribution in [0, 0.1) is 5.82 Å². The van der Waals surface area contributed by atoms with E-state index in [9.17, 15) is 22.4 Å². The number of benzene rings is 2. The van der Waals surface area contributed by atoms with Crippen molar-refractivity contribution in [3.05, 3.63) is 59.9 Å². The Balaban J connectivity index is 2.13. The molecule has 0 aliphatic rings. The smallest absolute Gasteiger partial charge is 0.226 e. The first-order valence-corrected chi connectivity index (χ1v) is 9.92. The molecule has 0 aromatic heterocycles. The lowest BCUT2D eigenvalue weighted by Crippen LogP contribution is -2.30. The molecule has 0 heterocycles. The van der Waals surface area contributed by atoms with Crippen LogP contribution in [0.4, 0.5) is 15.8 Å². The largest absolute Gasteiger partial charge is 0.326 e. The maximum Gasteiger partial charge on any atom is 0.226 e. The molecule has 0 saturated heterocycles. The summed E-state index contributed by atoms with van der Waals surface area (Å²) in [6, 6.07) is 10.9. The van der Waals surface area contributed by atoms with Gasteiger partial charge in [-0.2, -0.15) is 0 Å². The Labute approximate surface area is 157 Å². The normalized spacial score (nSPS) is 12.3. The number of amides is 2. The van der Waals surface area contributed by atoms with E-state index in [4.69, 9.17) is 0 Å². The first-order chi connectivity index (χ1) is 12.6. The van der Waals surface area contributed by atoms with Crippen LogP contribution >= 0.6 is 0 Å². The topological polar surface area (TPSA) is 104 Å². The van der Waals surface area contributed by atoms with Crippen LogP contribution in [0.25, 0.3) is 0 Å². The first kappa shape index (κ1) is 20.5. The van der Waals surface area contributed by atoms with E-state index in [2.05, 4.69) is 15.4 Å². The van der Waals surface area contributed by atoms with Crippen LogP contribution in [0.3, 0.4) is 0 Å². The molecule has 0 saturated carbocycles. The molecule has 2 rings (SSSR count). The van der Waals surface area contributed by atoms with Gasteiger partial charge in [0.25, 0.3) is 0 Å². The van der Waals surface area contributed by atoms with Crippen molar-refractivity contribution in [2.45, 2.75) is 19.4 Å². The van der Waals surface area contributed by atoms with E-state index in [-0.39, 0.29) is 12.3 Å². The molecule has 2 aromatic carbocycles. The average Bonchev–Trinajstić information content (AvgIpc) is 2.53. The molecule has 0 spiro atoms. The second kappa shape index (κ2) is 8.74. The number of carbonyl (C=O) groups excluding carboxylic acids is 2. The molecule has 0 bridgehead atoms. The molecule has 27 heavy (non-hydrogen) atoms. The van der Waals surface area contributed by atoms with E-state index in [0.29, 0.717) is 16.9 Å². The van der Waals surface area contributed by atoms with Gasteiger partial charge in [-0.05, 0) is 35.9 Å². The molecule has 0 radical (unpaired) electrons. The third-order valence-corrected chi connectivity index (χ3v) is 4.20. The molecule has 2 aromatic rings. The monoisotopic (exact) mass is 393 g/mol. The maximum absolute atomic E-state index is 13.1. The number of nitrogens with one attached hydrogen (secondary N) is 3. The van der Waals surface area contributed by atoms with Gasteiger partial charge < -0.3 is 10.6 Å². The van der Waals surface area contributed by atoms with E-state index < -0.39 is 27.8 Å². The Bertz CT molecular complexity index is 930. The summed E-state index contributed by atoms with van der Waals surface area (Å²) in [5.41, 5.74) is 1.43. The van der Waals surface area contributed by atoms with Gasteiger partial charge in [0.15, 0.2) is 0 Å². The fraction of sp³-hybridized carbons (Fsp3) is 0.222. The van der Waals surface area contributed by atoms with Crippen LogP contribution in [0.2, 0.25) is 0 Å². The van der Waals surface area contributed by atoms with Gasteiger partial charge in [-0.25, -0.2) is 17.5 Å². The third kappa shape index (κ3) is 7.16. The Hall–Kier alpha value is -2.78. The quantitative estimate of drug-likeness (QED) is 0.672. The van der Waals surface area contributed by atoms with E-state index in [1.807, 2.05) is 0 Å². The van der Waals surface area contributed by atoms with Crippen molar-refractivity contribution in [1.82, 2.24) is 4.72 Å². The molecule has 7 nitrogen and oxygen atoms in total. The summed E-state index contributed by atoms with van der Waals surface area (Å²) in [6.45, 7) is 1.37. The van der Waals surface area contributed by atoms with Gasteiger partial charge in [0.2, 0.25) is 21.8 Å². The highest BCUT2D eigenvalue weighted by atomic mass is 32.2. The van der Waals surface area contributed by atoms with Gasteiger partial charge in [-0.3, -0.25) is 9.59 Å². The van der Waals surface area contributed by atoms with E-state index in [1.165, 1.54) is 31.2 Å². The number of hydrogen-bond donors (Lipinski definition) is 3. The third-order valence-electron chi connectivity index (χ3n) is 3.48. The zero-order chi connectivity index (χ0) is 20.0. The zero-order valence-electron chi connectivity index (χ0n) is 14.8. The van der Waals surface area contributed by atoms with Crippen molar-refractivity contribution in [1.29, 1.82) is 0 Å². The van der Waals surface area contributed by atoms with Crippen LogP contribution < -0.4 is 15.4 Å². The fourth-order valence-electron chi connectivity index (χ4n) is 2.46. The standard InChI is InChI=1S/C18H20FN3O4S/c1-12(23)20-15-4-3-5-16(10-15)21-18(24)11-17(22-27(2,25)26)13-6-8-14(19)9-7-13/h3-10,17,22H,11H2,1-2H3,(H,20,23)(H,21,24)/t17-/m1/s1. The molecule has 0 fully saturated rings. The molecule has 1 atom stereocenters. The summed E-state index contributed by atoms with van der Waals surface area (Å²) >= 11 is 0. The van der Waals surface area contributed by atoms with Crippen LogP contribution in [0.1, 0.15) is 24.9 Å². The lowest BCUT2D eigenvalue weighted by atomic mass is 10.0. The number of halogens is 1. The van der Waals surface area contributed by atoms with E-state index in [0.717, 1.165) is 6.26 Å². The molecule has 0 aliphatic heterocycles. The van der Waals surface area contributed by atoms with Crippen molar-refractivity contribution in [2.24, 2.45) is 0 Å². The predicted octanol–water partition coefficient (Wildman–Crippen LogP) is 2.40. The molecule has 3 N–H and O–H groups in total. The van der Waals surface area contributed by atoms with Crippen LogP contribution in [0.15, 0.2) is 48.5 Å². The summed E-state index contributed by atoms with van der Waals surface area (Å²) in [5, 5.41) is 5.26. The molecule has 144 valence electrons. The average molecular weight is 393 g/mol. The minimum absolute atomic E-state index is 0.191. The molecular weight excluding hydrogens is 373 g/mol. The van der Waals surface area contributed by atoms with E-state index >= 15 is 0 Å². The summed E-state index contributed by atoms with van der Waals surface area (Å²) in [6.07, 6.45) is 0.793. The SMILES string of the molecule is CC(=O)Nc1cccc(NC(=O)C[C@@H](NS(C)(=O)=O)c2ccc(F)cc2)c1. The molecular formula is C18H20FN3O4S. The summed E-state index contributed by atoms with van der Waals surface area (Å²) in [5.74, 6) is -1.15. The summed E-state index contributed by atoms with van der Waals surface area (Å²) in [7, 11) is -3.59. The number of sulfonamides is 1. The fourth-order valence-corrected chi connectivity index (χ4v) is 3.19. The van der Waals surface area contributed by atoms with Gasteiger partial charge in [0, 0.05) is 24.7 Å². The van der Waals surface area contributed by atoms with Crippen LogP contribution in [0.5, 0.6) is 0 Å². The highest BCUT2D eigenvalue weighted by Crippen LogP contribution is 2.20. The number of hydrogen-bond acceptors (Lipinski definition) is 4. The van der Waals surface area contributed by atoms with Gasteiger partial charge >= 0.3 is 0 Å². The van der Waals surface area contributed by atoms with Gasteiger partial charge in [0.1, 0.15) is 5.82 Å². The van der Waals surface area contributed by atoms with Crippen molar-refractivity contribution in [2.75, 3.05) is 16.9 Å².